The van der Waals surface area contributed by atoms with Gasteiger partial charge in [0.15, 0.2) is 0 Å². The van der Waals surface area contributed by atoms with Crippen LogP contribution in [0.4, 0.5) is 4.39 Å². The number of rotatable bonds is 4. The molecule has 20 heavy (non-hydrogen) atoms. The molecule has 0 fully saturated rings. The molecule has 2 rings (SSSR count). The number of benzene rings is 1. The van der Waals surface area contributed by atoms with Crippen molar-refractivity contribution in [2.24, 2.45) is 7.05 Å². The average Bonchev–Trinajstić information content (AvgIpc) is 2.80. The first-order valence-corrected chi connectivity index (χ1v) is 6.36. The first-order valence-electron chi connectivity index (χ1n) is 6.36. The number of carbonyl (C=O) groups excluding carboxylic acids is 1. The molecule has 1 heterocycles. The highest BCUT2D eigenvalue weighted by Gasteiger charge is 2.14. The number of aromatic nitrogens is 3. The second-order valence-corrected chi connectivity index (χ2v) is 4.93. The summed E-state index contributed by atoms with van der Waals surface area (Å²) in [5, 5.41) is 10.6. The van der Waals surface area contributed by atoms with E-state index in [2.05, 4.69) is 15.5 Å². The zero-order valence-electron chi connectivity index (χ0n) is 11.7. The van der Waals surface area contributed by atoms with Gasteiger partial charge in [0.2, 0.25) is 0 Å². The van der Waals surface area contributed by atoms with E-state index in [-0.39, 0.29) is 11.8 Å². The molecular weight excluding hydrogens is 259 g/mol. The van der Waals surface area contributed by atoms with Crippen LogP contribution >= 0.6 is 0 Å². The molecule has 0 saturated heterocycles. The van der Waals surface area contributed by atoms with Crippen molar-refractivity contribution in [3.8, 4) is 0 Å². The summed E-state index contributed by atoms with van der Waals surface area (Å²) in [6.07, 6.45) is 1.61. The highest BCUT2D eigenvalue weighted by atomic mass is 19.1. The number of hydrogen-bond acceptors (Lipinski definition) is 3. The Labute approximate surface area is 116 Å². The van der Waals surface area contributed by atoms with Crippen molar-refractivity contribution < 1.29 is 9.18 Å². The molecule has 1 N–H and O–H groups in total. The van der Waals surface area contributed by atoms with E-state index in [9.17, 15) is 9.18 Å². The van der Waals surface area contributed by atoms with Crippen LogP contribution in [0.15, 0.2) is 24.5 Å². The first-order chi connectivity index (χ1) is 9.47. The maximum Gasteiger partial charge on any atom is 0.251 e. The van der Waals surface area contributed by atoms with Crippen molar-refractivity contribution in [2.75, 3.05) is 6.54 Å². The lowest BCUT2D eigenvalue weighted by Crippen LogP contribution is -2.28. The Morgan fingerprint density at radius 2 is 2.20 bits per heavy atom. The Hall–Kier alpha value is -2.24. The maximum atomic E-state index is 13.3. The number of nitrogens with zero attached hydrogens (tertiary/aromatic N) is 3. The number of nitrogens with one attached hydrogen (secondary N) is 1. The average molecular weight is 276 g/mol. The highest BCUT2D eigenvalue weighted by Crippen LogP contribution is 2.11. The van der Waals surface area contributed by atoms with Gasteiger partial charge >= 0.3 is 0 Å². The van der Waals surface area contributed by atoms with Crippen molar-refractivity contribution in [1.29, 1.82) is 0 Å². The van der Waals surface area contributed by atoms with E-state index in [1.165, 1.54) is 12.1 Å². The second-order valence-electron chi connectivity index (χ2n) is 4.93. The van der Waals surface area contributed by atoms with Crippen molar-refractivity contribution >= 4 is 5.91 Å². The van der Waals surface area contributed by atoms with Gasteiger partial charge in [-0.25, -0.2) is 4.39 Å². The molecule has 0 aliphatic rings. The van der Waals surface area contributed by atoms with Gasteiger partial charge in [-0.1, -0.05) is 6.92 Å². The molecule has 5 nitrogen and oxygen atoms in total. The molecule has 0 spiro atoms. The Bertz CT molecular complexity index is 603. The predicted molar refractivity (Wildman–Crippen MR) is 72.9 cm³/mol. The van der Waals surface area contributed by atoms with E-state index in [0.717, 1.165) is 11.4 Å². The molecule has 1 amide bonds. The molecule has 1 aromatic heterocycles. The first kappa shape index (κ1) is 14.2. The highest BCUT2D eigenvalue weighted by molar-refractivity contribution is 5.94. The molecule has 0 aliphatic carbocycles. The van der Waals surface area contributed by atoms with Crippen LogP contribution < -0.4 is 5.32 Å². The molecule has 1 atom stereocenters. The quantitative estimate of drug-likeness (QED) is 0.926. The lowest BCUT2D eigenvalue weighted by Gasteiger charge is -2.12. The van der Waals surface area contributed by atoms with E-state index >= 15 is 0 Å². The third-order valence-electron chi connectivity index (χ3n) is 3.06. The lowest BCUT2D eigenvalue weighted by atomic mass is 10.1. The van der Waals surface area contributed by atoms with Gasteiger partial charge in [0.1, 0.15) is 18.0 Å². The zero-order valence-corrected chi connectivity index (χ0v) is 11.7. The summed E-state index contributed by atoms with van der Waals surface area (Å²) < 4.78 is 15.1. The largest absolute Gasteiger partial charge is 0.351 e. The predicted octanol–water partition coefficient (Wildman–Crippen LogP) is 1.80. The van der Waals surface area contributed by atoms with Crippen LogP contribution in [-0.2, 0) is 7.05 Å². The molecule has 106 valence electrons. The minimum atomic E-state index is -0.406. The maximum absolute atomic E-state index is 13.3. The van der Waals surface area contributed by atoms with Gasteiger partial charge in [0, 0.05) is 25.1 Å². The van der Waals surface area contributed by atoms with Gasteiger partial charge in [-0.3, -0.25) is 4.79 Å². The summed E-state index contributed by atoms with van der Waals surface area (Å²) in [6.45, 7) is 4.12. The van der Waals surface area contributed by atoms with Crippen LogP contribution in [-0.4, -0.2) is 27.2 Å². The SMILES string of the molecule is Cc1cc(F)cc(C(=O)NC[C@@H](C)c2nncn2C)c1. The molecular formula is C14H17FN4O. The topological polar surface area (TPSA) is 59.8 Å². The van der Waals surface area contributed by atoms with Crippen LogP contribution in [0, 0.1) is 12.7 Å². The van der Waals surface area contributed by atoms with Crippen LogP contribution in [0.5, 0.6) is 0 Å². The third-order valence-corrected chi connectivity index (χ3v) is 3.06. The van der Waals surface area contributed by atoms with Crippen LogP contribution in [0.2, 0.25) is 0 Å². The smallest absolute Gasteiger partial charge is 0.251 e. The minimum Gasteiger partial charge on any atom is -0.351 e. The summed E-state index contributed by atoms with van der Waals surface area (Å²) in [5.41, 5.74) is 1.05. The van der Waals surface area contributed by atoms with E-state index in [0.29, 0.717) is 12.1 Å². The van der Waals surface area contributed by atoms with Crippen molar-refractivity contribution in [1.82, 2.24) is 20.1 Å². The van der Waals surface area contributed by atoms with Crippen LogP contribution in [0.3, 0.4) is 0 Å². The van der Waals surface area contributed by atoms with E-state index in [4.69, 9.17) is 0 Å². The van der Waals surface area contributed by atoms with Crippen LogP contribution in [0.25, 0.3) is 0 Å². The summed E-state index contributed by atoms with van der Waals surface area (Å²) in [4.78, 5) is 12.0. The molecule has 2 aromatic rings. The van der Waals surface area contributed by atoms with Crippen molar-refractivity contribution in [2.45, 2.75) is 19.8 Å². The molecule has 0 aliphatic heterocycles. The number of halogens is 1. The fraction of sp³-hybridized carbons (Fsp3) is 0.357. The fourth-order valence-corrected chi connectivity index (χ4v) is 2.04. The summed E-state index contributed by atoms with van der Waals surface area (Å²) >= 11 is 0. The van der Waals surface area contributed by atoms with Gasteiger partial charge in [-0.2, -0.15) is 0 Å². The third kappa shape index (κ3) is 3.20. The minimum absolute atomic E-state index is 0.0288. The Morgan fingerprint density at radius 3 is 2.80 bits per heavy atom. The van der Waals surface area contributed by atoms with Gasteiger partial charge in [-0.15, -0.1) is 10.2 Å². The van der Waals surface area contributed by atoms with Gasteiger partial charge in [0.05, 0.1) is 0 Å². The Morgan fingerprint density at radius 1 is 1.45 bits per heavy atom. The molecule has 0 bridgehead atoms. The molecule has 6 heteroatoms. The van der Waals surface area contributed by atoms with Gasteiger partial charge in [0.25, 0.3) is 5.91 Å². The lowest BCUT2D eigenvalue weighted by molar-refractivity contribution is 0.0950. The van der Waals surface area contributed by atoms with Crippen molar-refractivity contribution in [3.05, 3.63) is 47.3 Å². The van der Waals surface area contributed by atoms with E-state index in [1.807, 2.05) is 18.5 Å². The van der Waals surface area contributed by atoms with Crippen LogP contribution in [0.1, 0.15) is 34.6 Å². The molecule has 0 saturated carbocycles. The number of carbonyl (C=O) groups is 1. The zero-order chi connectivity index (χ0) is 14.7. The monoisotopic (exact) mass is 276 g/mol. The fourth-order valence-electron chi connectivity index (χ4n) is 2.04. The Balaban J connectivity index is 2.00. The Kier molecular flexibility index (Phi) is 4.12. The second kappa shape index (κ2) is 5.81. The van der Waals surface area contributed by atoms with E-state index < -0.39 is 5.82 Å². The normalized spacial score (nSPS) is 12.2. The summed E-state index contributed by atoms with van der Waals surface area (Å²) in [7, 11) is 1.85. The number of aryl methyl sites for hydroxylation is 2. The summed E-state index contributed by atoms with van der Waals surface area (Å²) in [6, 6.07) is 4.28. The number of amides is 1. The van der Waals surface area contributed by atoms with Gasteiger partial charge < -0.3 is 9.88 Å². The number of hydrogen-bond donors (Lipinski definition) is 1. The molecule has 1 aromatic carbocycles. The van der Waals surface area contributed by atoms with E-state index in [1.54, 1.807) is 19.3 Å². The molecule has 0 unspecified atom stereocenters. The summed E-state index contributed by atoms with van der Waals surface area (Å²) in [5.74, 6) is 0.125. The molecule has 0 radical (unpaired) electrons. The van der Waals surface area contributed by atoms with Gasteiger partial charge in [-0.05, 0) is 30.7 Å². The standard InChI is InChI=1S/C14H17FN4O/c1-9-4-11(6-12(15)5-9)14(20)16-7-10(2)13-18-17-8-19(13)3/h4-6,8,10H,7H2,1-3H3,(H,16,20)/t10-/m1/s1. The van der Waals surface area contributed by atoms with Crippen molar-refractivity contribution in [3.63, 3.8) is 0 Å².